The van der Waals surface area contributed by atoms with Crippen LogP contribution in [-0.2, 0) is 26.0 Å². The van der Waals surface area contributed by atoms with Gasteiger partial charge in [0.25, 0.3) is 0 Å². The molecule has 7 nitrogen and oxygen atoms in total. The van der Waals surface area contributed by atoms with Crippen molar-refractivity contribution in [2.24, 2.45) is 0 Å². The summed E-state index contributed by atoms with van der Waals surface area (Å²) < 4.78 is 34.5. The molecule has 0 amide bonds. The molecule has 2 aromatic carbocycles. The Morgan fingerprint density at radius 1 is 1.07 bits per heavy atom. The standard InChI is InChI=1S/C20H23NO6S/c1-14-5-10-19(26-3)16(11-14)12-20(23)27-13-18(22)15-6-8-17(9-7-15)21(2)28(4,24)25/h5-11H,12-13H2,1-4H3. The van der Waals surface area contributed by atoms with Crippen LogP contribution in [-0.4, -0.2) is 47.2 Å². The van der Waals surface area contributed by atoms with Gasteiger partial charge in [0.2, 0.25) is 10.0 Å². The summed E-state index contributed by atoms with van der Waals surface area (Å²) in [6, 6.07) is 11.5. The van der Waals surface area contributed by atoms with E-state index in [1.54, 1.807) is 6.07 Å². The van der Waals surface area contributed by atoms with E-state index in [-0.39, 0.29) is 12.2 Å². The van der Waals surface area contributed by atoms with Crippen LogP contribution in [0.4, 0.5) is 5.69 Å². The third-order valence-corrected chi connectivity index (χ3v) is 5.39. The number of rotatable bonds is 8. The molecule has 150 valence electrons. The minimum atomic E-state index is -3.38. The van der Waals surface area contributed by atoms with E-state index in [0.29, 0.717) is 22.6 Å². The fourth-order valence-corrected chi connectivity index (χ4v) is 3.03. The van der Waals surface area contributed by atoms with Gasteiger partial charge in [0, 0.05) is 18.2 Å². The number of methoxy groups -OCH3 is 1. The molecule has 0 radical (unpaired) electrons. The van der Waals surface area contributed by atoms with E-state index in [9.17, 15) is 18.0 Å². The number of esters is 1. The lowest BCUT2D eigenvalue weighted by Crippen LogP contribution is -2.24. The van der Waals surface area contributed by atoms with Crippen LogP contribution in [0.25, 0.3) is 0 Å². The summed E-state index contributed by atoms with van der Waals surface area (Å²) in [5.41, 5.74) is 2.43. The first-order valence-electron chi connectivity index (χ1n) is 8.48. The predicted octanol–water partition coefficient (Wildman–Crippen LogP) is 2.37. The number of nitrogens with zero attached hydrogens (tertiary/aromatic N) is 1. The van der Waals surface area contributed by atoms with Crippen molar-refractivity contribution in [3.8, 4) is 5.75 Å². The first kappa shape index (κ1) is 21.4. The minimum Gasteiger partial charge on any atom is -0.496 e. The van der Waals surface area contributed by atoms with E-state index in [4.69, 9.17) is 9.47 Å². The third-order valence-electron chi connectivity index (χ3n) is 4.19. The minimum absolute atomic E-state index is 0.00374. The number of aryl methyl sites for hydroxylation is 1. The molecule has 0 bridgehead atoms. The maximum atomic E-state index is 12.2. The molecular weight excluding hydrogens is 382 g/mol. The average molecular weight is 405 g/mol. The Kier molecular flexibility index (Phi) is 6.80. The lowest BCUT2D eigenvalue weighted by molar-refractivity contribution is -0.141. The molecule has 2 rings (SSSR count). The lowest BCUT2D eigenvalue weighted by atomic mass is 10.1. The average Bonchev–Trinajstić information content (AvgIpc) is 2.65. The Morgan fingerprint density at radius 2 is 1.71 bits per heavy atom. The molecule has 0 unspecified atom stereocenters. The fourth-order valence-electron chi connectivity index (χ4n) is 2.53. The molecule has 0 saturated carbocycles. The molecule has 2 aromatic rings. The van der Waals surface area contributed by atoms with Gasteiger partial charge in [-0.1, -0.05) is 17.7 Å². The molecular formula is C20H23NO6S. The van der Waals surface area contributed by atoms with Gasteiger partial charge < -0.3 is 9.47 Å². The molecule has 0 N–H and O–H groups in total. The molecule has 28 heavy (non-hydrogen) atoms. The quantitative estimate of drug-likeness (QED) is 0.495. The van der Waals surface area contributed by atoms with Crippen LogP contribution in [0.15, 0.2) is 42.5 Å². The summed E-state index contributed by atoms with van der Waals surface area (Å²) in [6.07, 6.45) is 1.09. The summed E-state index contributed by atoms with van der Waals surface area (Å²) >= 11 is 0. The highest BCUT2D eigenvalue weighted by atomic mass is 32.2. The Hall–Kier alpha value is -2.87. The molecule has 0 aliphatic rings. The number of Topliss-reactive ketones (excluding diaryl/α,β-unsaturated/α-hetero) is 1. The molecule has 0 aromatic heterocycles. The maximum absolute atomic E-state index is 12.2. The zero-order chi connectivity index (χ0) is 20.9. The number of anilines is 1. The number of carbonyl (C=O) groups excluding carboxylic acids is 2. The Morgan fingerprint density at radius 3 is 2.29 bits per heavy atom. The van der Waals surface area contributed by atoms with Gasteiger partial charge in [-0.3, -0.25) is 13.9 Å². The summed E-state index contributed by atoms with van der Waals surface area (Å²) in [6.45, 7) is 1.51. The molecule has 0 saturated heterocycles. The van der Waals surface area contributed by atoms with Gasteiger partial charge in [-0.05, 0) is 37.3 Å². The zero-order valence-corrected chi connectivity index (χ0v) is 17.1. The highest BCUT2D eigenvalue weighted by Gasteiger charge is 2.15. The summed E-state index contributed by atoms with van der Waals surface area (Å²) in [4.78, 5) is 24.3. The van der Waals surface area contributed by atoms with E-state index >= 15 is 0 Å². The van der Waals surface area contributed by atoms with Crippen LogP contribution in [0, 0.1) is 6.92 Å². The number of hydrogen-bond donors (Lipinski definition) is 0. The van der Waals surface area contributed by atoms with E-state index in [1.807, 2.05) is 19.1 Å². The van der Waals surface area contributed by atoms with Crippen LogP contribution in [0.3, 0.4) is 0 Å². The van der Waals surface area contributed by atoms with Gasteiger partial charge in [-0.2, -0.15) is 0 Å². The first-order chi connectivity index (χ1) is 13.1. The number of ether oxygens (including phenoxy) is 2. The Labute approximate surface area is 164 Å². The number of carbonyl (C=O) groups is 2. The highest BCUT2D eigenvalue weighted by molar-refractivity contribution is 7.92. The van der Waals surface area contributed by atoms with Crippen molar-refractivity contribution in [2.75, 3.05) is 31.3 Å². The second-order valence-electron chi connectivity index (χ2n) is 6.35. The van der Waals surface area contributed by atoms with Crippen LogP contribution in [0.5, 0.6) is 5.75 Å². The molecule has 8 heteroatoms. The normalized spacial score (nSPS) is 11.0. The summed E-state index contributed by atoms with van der Waals surface area (Å²) in [7, 11) is -0.434. The topological polar surface area (TPSA) is 90.0 Å². The van der Waals surface area contributed by atoms with Crippen molar-refractivity contribution < 1.29 is 27.5 Å². The Balaban J connectivity index is 1.97. The van der Waals surface area contributed by atoms with Crippen molar-refractivity contribution in [1.82, 2.24) is 0 Å². The molecule has 0 fully saturated rings. The van der Waals surface area contributed by atoms with Crippen molar-refractivity contribution in [1.29, 1.82) is 0 Å². The van der Waals surface area contributed by atoms with Gasteiger partial charge in [0.15, 0.2) is 12.4 Å². The van der Waals surface area contributed by atoms with Crippen molar-refractivity contribution in [3.63, 3.8) is 0 Å². The smallest absolute Gasteiger partial charge is 0.310 e. The number of benzene rings is 2. The first-order valence-corrected chi connectivity index (χ1v) is 10.3. The van der Waals surface area contributed by atoms with Crippen molar-refractivity contribution >= 4 is 27.5 Å². The van der Waals surface area contributed by atoms with Crippen molar-refractivity contribution in [2.45, 2.75) is 13.3 Å². The van der Waals surface area contributed by atoms with E-state index in [1.165, 1.54) is 38.4 Å². The van der Waals surface area contributed by atoms with Crippen LogP contribution < -0.4 is 9.04 Å². The highest BCUT2D eigenvalue weighted by Crippen LogP contribution is 2.21. The predicted molar refractivity (Wildman–Crippen MR) is 106 cm³/mol. The van der Waals surface area contributed by atoms with Gasteiger partial charge in [-0.25, -0.2) is 8.42 Å². The molecule has 0 heterocycles. The van der Waals surface area contributed by atoms with Crippen LogP contribution in [0.2, 0.25) is 0 Å². The van der Waals surface area contributed by atoms with Crippen LogP contribution >= 0.6 is 0 Å². The fraction of sp³-hybridized carbons (Fsp3) is 0.300. The lowest BCUT2D eigenvalue weighted by Gasteiger charge is -2.16. The number of ketones is 1. The van der Waals surface area contributed by atoms with Gasteiger partial charge in [0.05, 0.1) is 25.5 Å². The maximum Gasteiger partial charge on any atom is 0.310 e. The zero-order valence-electron chi connectivity index (χ0n) is 16.3. The summed E-state index contributed by atoms with van der Waals surface area (Å²) in [5, 5.41) is 0. The van der Waals surface area contributed by atoms with Gasteiger partial charge in [0.1, 0.15) is 5.75 Å². The Bertz CT molecular complexity index is 967. The third kappa shape index (κ3) is 5.56. The molecule has 0 spiro atoms. The van der Waals surface area contributed by atoms with Gasteiger partial charge in [-0.15, -0.1) is 0 Å². The molecule has 0 aliphatic carbocycles. The second-order valence-corrected chi connectivity index (χ2v) is 8.37. The molecule has 0 atom stereocenters. The van der Waals surface area contributed by atoms with E-state index in [2.05, 4.69) is 0 Å². The van der Waals surface area contributed by atoms with Crippen LogP contribution in [0.1, 0.15) is 21.5 Å². The van der Waals surface area contributed by atoms with E-state index in [0.717, 1.165) is 16.1 Å². The summed E-state index contributed by atoms with van der Waals surface area (Å²) in [5.74, 6) is -0.330. The SMILES string of the molecule is COc1ccc(C)cc1CC(=O)OCC(=O)c1ccc(N(C)S(C)(=O)=O)cc1. The van der Waals surface area contributed by atoms with Gasteiger partial charge >= 0.3 is 5.97 Å². The van der Waals surface area contributed by atoms with E-state index < -0.39 is 22.6 Å². The van der Waals surface area contributed by atoms with Crippen molar-refractivity contribution in [3.05, 3.63) is 59.2 Å². The number of hydrogen-bond acceptors (Lipinski definition) is 6. The molecule has 0 aliphatic heterocycles. The second kappa shape index (κ2) is 8.88. The number of sulfonamides is 1. The largest absolute Gasteiger partial charge is 0.496 e. The monoisotopic (exact) mass is 405 g/mol.